The zero-order valence-corrected chi connectivity index (χ0v) is 19.1. The molecule has 0 aliphatic rings. The average Bonchev–Trinajstić information content (AvgIpc) is 3.21. The Morgan fingerprint density at radius 1 is 1.10 bits per heavy atom. The van der Waals surface area contributed by atoms with Crippen LogP contribution < -0.4 is 10.1 Å². The Morgan fingerprint density at radius 3 is 2.58 bits per heavy atom. The quantitative estimate of drug-likeness (QED) is 0.418. The van der Waals surface area contributed by atoms with Crippen LogP contribution in [0.3, 0.4) is 0 Å². The lowest BCUT2D eigenvalue weighted by molar-refractivity contribution is 0.185. The van der Waals surface area contributed by atoms with E-state index in [0.29, 0.717) is 31.1 Å². The molecule has 6 heteroatoms. The summed E-state index contributed by atoms with van der Waals surface area (Å²) >= 11 is 6.35. The molecule has 0 radical (unpaired) electrons. The topological polar surface area (TPSA) is 46.5 Å². The predicted octanol–water partition coefficient (Wildman–Crippen LogP) is 6.42. The van der Waals surface area contributed by atoms with Crippen molar-refractivity contribution in [2.45, 2.75) is 46.3 Å². The van der Waals surface area contributed by atoms with Crippen molar-refractivity contribution in [3.8, 4) is 5.75 Å². The fraction of sp³-hybridized carbons (Fsp3) is 0.320. The number of urea groups is 1. The van der Waals surface area contributed by atoms with Gasteiger partial charge in [0.25, 0.3) is 0 Å². The van der Waals surface area contributed by atoms with Crippen molar-refractivity contribution in [2.75, 3.05) is 11.9 Å². The first-order valence-corrected chi connectivity index (χ1v) is 11.1. The lowest BCUT2D eigenvalue weighted by Crippen LogP contribution is -2.41. The van der Waals surface area contributed by atoms with E-state index in [2.05, 4.69) is 23.7 Å². The van der Waals surface area contributed by atoms with Gasteiger partial charge in [-0.2, -0.15) is 0 Å². The summed E-state index contributed by atoms with van der Waals surface area (Å²) in [5, 5.41) is 3.77. The summed E-state index contributed by atoms with van der Waals surface area (Å²) in [6.07, 6.45) is 2.88. The fourth-order valence-corrected chi connectivity index (χ4v) is 3.61. The SMILES string of the molecule is CCOc1ccccc1NC(=O)N(Cc1cccn1Cc1ccccc1Cl)C(C)CC. The minimum Gasteiger partial charge on any atom is -0.492 e. The Hall–Kier alpha value is -2.92. The number of ether oxygens (including phenoxy) is 1. The molecule has 1 unspecified atom stereocenters. The number of halogens is 1. The highest BCUT2D eigenvalue weighted by Crippen LogP contribution is 2.25. The maximum absolute atomic E-state index is 13.2. The monoisotopic (exact) mass is 439 g/mol. The summed E-state index contributed by atoms with van der Waals surface area (Å²) in [6, 6.07) is 19.3. The molecule has 0 saturated heterocycles. The van der Waals surface area contributed by atoms with Gasteiger partial charge in [-0.25, -0.2) is 4.79 Å². The molecular formula is C25H30ClN3O2. The molecule has 5 nitrogen and oxygen atoms in total. The number of hydrogen-bond donors (Lipinski definition) is 1. The van der Waals surface area contributed by atoms with Crippen LogP contribution in [0, 0.1) is 0 Å². The molecule has 0 fully saturated rings. The number of anilines is 1. The summed E-state index contributed by atoms with van der Waals surface area (Å²) < 4.78 is 7.79. The van der Waals surface area contributed by atoms with E-state index in [0.717, 1.165) is 22.7 Å². The summed E-state index contributed by atoms with van der Waals surface area (Å²) in [7, 11) is 0. The largest absolute Gasteiger partial charge is 0.492 e. The van der Waals surface area contributed by atoms with Gasteiger partial charge in [0.1, 0.15) is 5.75 Å². The van der Waals surface area contributed by atoms with Crippen LogP contribution in [-0.4, -0.2) is 28.1 Å². The van der Waals surface area contributed by atoms with Crippen molar-refractivity contribution in [1.29, 1.82) is 0 Å². The number of para-hydroxylation sites is 2. The Kier molecular flexibility index (Phi) is 8.01. The van der Waals surface area contributed by atoms with E-state index < -0.39 is 0 Å². The number of benzene rings is 2. The highest BCUT2D eigenvalue weighted by molar-refractivity contribution is 6.31. The van der Waals surface area contributed by atoms with Gasteiger partial charge in [-0.05, 0) is 56.2 Å². The van der Waals surface area contributed by atoms with Crippen molar-refractivity contribution >= 4 is 23.3 Å². The molecule has 1 aromatic heterocycles. The zero-order chi connectivity index (χ0) is 22.2. The zero-order valence-electron chi connectivity index (χ0n) is 18.3. The molecule has 1 atom stereocenters. The first kappa shape index (κ1) is 22.8. The minimum atomic E-state index is -0.146. The first-order chi connectivity index (χ1) is 15.0. The lowest BCUT2D eigenvalue weighted by atomic mass is 10.2. The van der Waals surface area contributed by atoms with Crippen LogP contribution >= 0.6 is 11.6 Å². The second-order valence-electron chi connectivity index (χ2n) is 7.46. The van der Waals surface area contributed by atoms with E-state index in [1.807, 2.05) is 78.7 Å². The molecule has 0 aliphatic heterocycles. The van der Waals surface area contributed by atoms with Crippen molar-refractivity contribution in [2.24, 2.45) is 0 Å². The van der Waals surface area contributed by atoms with Gasteiger partial charge in [0.05, 0.1) is 18.8 Å². The van der Waals surface area contributed by atoms with Crippen LogP contribution in [0.2, 0.25) is 5.02 Å². The van der Waals surface area contributed by atoms with Crippen molar-refractivity contribution in [3.05, 3.63) is 83.1 Å². The molecule has 0 aliphatic carbocycles. The van der Waals surface area contributed by atoms with Gasteiger partial charge >= 0.3 is 6.03 Å². The molecule has 31 heavy (non-hydrogen) atoms. The number of nitrogens with one attached hydrogen (secondary N) is 1. The van der Waals surface area contributed by atoms with E-state index in [1.165, 1.54) is 0 Å². The smallest absolute Gasteiger partial charge is 0.322 e. The standard InChI is InChI=1S/C25H30ClN3O2/c1-4-19(3)29(25(30)27-23-14-8-9-15-24(23)31-5-2)18-21-12-10-16-28(21)17-20-11-6-7-13-22(20)26/h6-16,19H,4-5,17-18H2,1-3H3,(H,27,30). The second kappa shape index (κ2) is 10.9. The number of rotatable bonds is 9. The van der Waals surface area contributed by atoms with Crippen molar-refractivity contribution in [1.82, 2.24) is 9.47 Å². The molecule has 2 amide bonds. The molecular weight excluding hydrogens is 410 g/mol. The average molecular weight is 440 g/mol. The summed E-state index contributed by atoms with van der Waals surface area (Å²) in [5.41, 5.74) is 2.77. The van der Waals surface area contributed by atoms with E-state index in [-0.39, 0.29) is 12.1 Å². The number of carbonyl (C=O) groups excluding carboxylic acids is 1. The van der Waals surface area contributed by atoms with Crippen molar-refractivity contribution in [3.63, 3.8) is 0 Å². The third-order valence-electron chi connectivity index (χ3n) is 5.37. The maximum atomic E-state index is 13.2. The summed E-state index contributed by atoms with van der Waals surface area (Å²) in [6.45, 7) is 7.77. The van der Waals surface area contributed by atoms with E-state index in [9.17, 15) is 4.79 Å². The molecule has 2 aromatic carbocycles. The van der Waals surface area contributed by atoms with Crippen molar-refractivity contribution < 1.29 is 9.53 Å². The molecule has 3 aromatic rings. The van der Waals surface area contributed by atoms with Gasteiger partial charge in [0.15, 0.2) is 0 Å². The van der Waals surface area contributed by atoms with Gasteiger partial charge in [0.2, 0.25) is 0 Å². The Balaban J connectivity index is 1.79. The Bertz CT molecular complexity index is 1000. The maximum Gasteiger partial charge on any atom is 0.322 e. The normalized spacial score (nSPS) is 11.7. The number of aromatic nitrogens is 1. The third kappa shape index (κ3) is 5.82. The van der Waals surface area contributed by atoms with Crippen LogP contribution in [0.15, 0.2) is 66.9 Å². The number of amides is 2. The van der Waals surface area contributed by atoms with E-state index in [4.69, 9.17) is 16.3 Å². The molecule has 164 valence electrons. The third-order valence-corrected chi connectivity index (χ3v) is 5.74. The van der Waals surface area contributed by atoms with Gasteiger partial charge in [-0.3, -0.25) is 0 Å². The first-order valence-electron chi connectivity index (χ1n) is 10.7. The van der Waals surface area contributed by atoms with E-state index in [1.54, 1.807) is 0 Å². The molecule has 0 spiro atoms. The predicted molar refractivity (Wildman–Crippen MR) is 127 cm³/mol. The van der Waals surface area contributed by atoms with Gasteiger partial charge in [0, 0.05) is 29.5 Å². The molecule has 3 rings (SSSR count). The highest BCUT2D eigenvalue weighted by atomic mass is 35.5. The van der Waals surface area contributed by atoms with Crippen LogP contribution in [0.4, 0.5) is 10.5 Å². The van der Waals surface area contributed by atoms with Crippen LogP contribution in [-0.2, 0) is 13.1 Å². The fourth-order valence-electron chi connectivity index (χ4n) is 3.42. The van der Waals surface area contributed by atoms with Gasteiger partial charge < -0.3 is 19.5 Å². The summed E-state index contributed by atoms with van der Waals surface area (Å²) in [4.78, 5) is 15.1. The second-order valence-corrected chi connectivity index (χ2v) is 7.87. The summed E-state index contributed by atoms with van der Waals surface area (Å²) in [5.74, 6) is 0.671. The number of carbonyl (C=O) groups is 1. The molecule has 0 bridgehead atoms. The molecule has 1 heterocycles. The van der Waals surface area contributed by atoms with Crippen LogP contribution in [0.1, 0.15) is 38.4 Å². The van der Waals surface area contributed by atoms with E-state index >= 15 is 0 Å². The highest BCUT2D eigenvalue weighted by Gasteiger charge is 2.22. The van der Waals surface area contributed by atoms with Crippen LogP contribution in [0.5, 0.6) is 5.75 Å². The Morgan fingerprint density at radius 2 is 1.84 bits per heavy atom. The van der Waals surface area contributed by atoms with Gasteiger partial charge in [-0.15, -0.1) is 0 Å². The molecule has 1 N–H and O–H groups in total. The number of nitrogens with zero attached hydrogens (tertiary/aromatic N) is 2. The Labute approximate surface area is 189 Å². The lowest BCUT2D eigenvalue weighted by Gasteiger charge is -2.29. The number of hydrogen-bond acceptors (Lipinski definition) is 2. The van der Waals surface area contributed by atoms with Gasteiger partial charge in [-0.1, -0.05) is 48.9 Å². The molecule has 0 saturated carbocycles. The minimum absolute atomic E-state index is 0.0721. The van der Waals surface area contributed by atoms with Crippen LogP contribution in [0.25, 0.3) is 0 Å².